The van der Waals surface area contributed by atoms with Gasteiger partial charge in [0.15, 0.2) is 11.5 Å². The lowest BCUT2D eigenvalue weighted by atomic mass is 10.1. The van der Waals surface area contributed by atoms with Crippen LogP contribution in [0.1, 0.15) is 41.5 Å². The van der Waals surface area contributed by atoms with Crippen LogP contribution in [0.2, 0.25) is 0 Å². The summed E-state index contributed by atoms with van der Waals surface area (Å²) >= 11 is 0. The van der Waals surface area contributed by atoms with Crippen molar-refractivity contribution in [1.82, 2.24) is 19.4 Å². The van der Waals surface area contributed by atoms with Crippen LogP contribution in [0.15, 0.2) is 35.6 Å². The lowest BCUT2D eigenvalue weighted by molar-refractivity contribution is 0.0130. The van der Waals surface area contributed by atoms with Gasteiger partial charge in [0.25, 0.3) is 0 Å². The number of pyridine rings is 1. The Morgan fingerprint density at radius 3 is 2.42 bits per heavy atom. The van der Waals surface area contributed by atoms with Crippen molar-refractivity contribution < 1.29 is 23.4 Å². The molecule has 1 fully saturated rings. The lowest BCUT2D eigenvalue weighted by Gasteiger charge is -2.44. The molecule has 0 unspecified atom stereocenters. The van der Waals surface area contributed by atoms with Crippen LogP contribution < -0.4 is 10.6 Å². The highest BCUT2D eigenvalue weighted by molar-refractivity contribution is 5.91. The molecule has 2 atom stereocenters. The number of ether oxygens (including phenoxy) is 1. The molecule has 11 heteroatoms. The fourth-order valence-electron chi connectivity index (χ4n) is 4.59. The smallest absolute Gasteiger partial charge is 0.410 e. The van der Waals surface area contributed by atoms with E-state index in [1.54, 1.807) is 32.6 Å². The second-order valence-corrected chi connectivity index (χ2v) is 10.6. The number of aromatic nitrogens is 3. The number of aromatic hydroxyl groups is 1. The molecule has 0 saturated carbocycles. The van der Waals surface area contributed by atoms with Crippen LogP contribution in [0.25, 0.3) is 28.0 Å². The highest BCUT2D eigenvalue weighted by atomic mass is 19.1. The summed E-state index contributed by atoms with van der Waals surface area (Å²) in [5.41, 5.74) is -1.93. The molecule has 1 aliphatic rings. The van der Waals surface area contributed by atoms with Crippen molar-refractivity contribution in [2.45, 2.75) is 59.2 Å². The molecule has 1 aliphatic heterocycles. The normalized spacial score (nSPS) is 18.1. The van der Waals surface area contributed by atoms with Crippen molar-refractivity contribution in [2.75, 3.05) is 18.0 Å². The van der Waals surface area contributed by atoms with Gasteiger partial charge in [-0.1, -0.05) is 12.6 Å². The van der Waals surface area contributed by atoms with E-state index < -0.39 is 46.0 Å². The Bertz CT molecular complexity index is 1480. The van der Waals surface area contributed by atoms with E-state index in [9.17, 15) is 19.1 Å². The van der Waals surface area contributed by atoms with Gasteiger partial charge in [0, 0.05) is 30.9 Å². The number of amides is 1. The predicted octanol–water partition coefficient (Wildman–Crippen LogP) is 4.77. The van der Waals surface area contributed by atoms with E-state index in [4.69, 9.17) is 4.74 Å². The molecule has 202 valence electrons. The van der Waals surface area contributed by atoms with E-state index in [1.165, 1.54) is 12.1 Å². The van der Waals surface area contributed by atoms with Gasteiger partial charge in [-0.25, -0.2) is 27.9 Å². The Hall–Kier alpha value is -4.02. The number of anilines is 1. The van der Waals surface area contributed by atoms with E-state index in [0.29, 0.717) is 0 Å². The van der Waals surface area contributed by atoms with Gasteiger partial charge >= 0.3 is 11.8 Å². The third-order valence-electron chi connectivity index (χ3n) is 6.30. The number of carbonyl (C=O) groups is 1. The maximum absolute atomic E-state index is 15.5. The number of piperazine rings is 1. The van der Waals surface area contributed by atoms with Crippen LogP contribution in [-0.4, -0.2) is 61.4 Å². The van der Waals surface area contributed by atoms with E-state index >= 15 is 4.39 Å². The van der Waals surface area contributed by atoms with E-state index in [2.05, 4.69) is 16.5 Å². The number of hydrogen-bond donors (Lipinski definition) is 1. The summed E-state index contributed by atoms with van der Waals surface area (Å²) in [7, 11) is 0. The first-order chi connectivity index (χ1) is 17.7. The number of benzene rings is 1. The highest BCUT2D eigenvalue weighted by Crippen LogP contribution is 2.36. The van der Waals surface area contributed by atoms with E-state index in [1.807, 2.05) is 18.7 Å². The number of allylic oxidation sites excluding steroid dienone is 1. The molecule has 3 heterocycles. The number of carbonyl (C=O) groups excluding carboxylic acids is 1. The van der Waals surface area contributed by atoms with Crippen LogP contribution >= 0.6 is 0 Å². The molecule has 0 aliphatic carbocycles. The van der Waals surface area contributed by atoms with Gasteiger partial charge in [-0.15, -0.1) is 0 Å². The summed E-state index contributed by atoms with van der Waals surface area (Å²) in [5, 5.41) is 10.4. The van der Waals surface area contributed by atoms with Crippen LogP contribution in [-0.2, 0) is 4.74 Å². The molecule has 3 aromatic rings. The molecule has 2 aromatic heterocycles. The molecule has 0 bridgehead atoms. The van der Waals surface area contributed by atoms with Gasteiger partial charge < -0.3 is 19.6 Å². The maximum atomic E-state index is 15.5. The van der Waals surface area contributed by atoms with Gasteiger partial charge in [-0.2, -0.15) is 4.98 Å². The first-order valence-corrected chi connectivity index (χ1v) is 12.2. The Balaban J connectivity index is 1.86. The van der Waals surface area contributed by atoms with E-state index in [-0.39, 0.29) is 47.7 Å². The largest absolute Gasteiger partial charge is 0.507 e. The summed E-state index contributed by atoms with van der Waals surface area (Å²) in [6.07, 6.45) is -0.450. The average molecular weight is 528 g/mol. The van der Waals surface area contributed by atoms with Crippen LogP contribution in [0.3, 0.4) is 0 Å². The summed E-state index contributed by atoms with van der Waals surface area (Å²) in [6.45, 7) is 15.0. The molecule has 4 rings (SSSR count). The third kappa shape index (κ3) is 4.92. The van der Waals surface area contributed by atoms with Crippen molar-refractivity contribution in [3.8, 4) is 17.0 Å². The standard InChI is InChI=1S/C27H31F2N5O4/c1-14(2)34-24-17(11-19(29)22(30-24)21-18(28)9-8-10-20(21)35)23(31-25(34)36)32-12-16(4)33(13-15(32)3)26(37)38-27(5,6)7/h8-11,15-16,35H,1,12-13H2,2-7H3/t15-,16+/m0/s1. The Morgan fingerprint density at radius 2 is 1.82 bits per heavy atom. The zero-order chi connectivity index (χ0) is 28.1. The van der Waals surface area contributed by atoms with Gasteiger partial charge in [0.1, 0.15) is 28.7 Å². The van der Waals surface area contributed by atoms with Crippen LogP contribution in [0, 0.1) is 11.6 Å². The summed E-state index contributed by atoms with van der Waals surface area (Å²) in [4.78, 5) is 37.9. The first-order valence-electron chi connectivity index (χ1n) is 12.2. The van der Waals surface area contributed by atoms with Crippen molar-refractivity contribution in [1.29, 1.82) is 0 Å². The van der Waals surface area contributed by atoms with Gasteiger partial charge in [0.2, 0.25) is 0 Å². The van der Waals surface area contributed by atoms with Gasteiger partial charge in [-0.3, -0.25) is 0 Å². The lowest BCUT2D eigenvalue weighted by Crippen LogP contribution is -2.59. The monoisotopic (exact) mass is 527 g/mol. The minimum absolute atomic E-state index is 0.0148. The van der Waals surface area contributed by atoms with Crippen molar-refractivity contribution in [3.63, 3.8) is 0 Å². The molecular formula is C27H31F2N5O4. The number of hydrogen-bond acceptors (Lipinski definition) is 7. The molecule has 0 radical (unpaired) electrons. The molecule has 1 saturated heterocycles. The molecule has 9 nitrogen and oxygen atoms in total. The van der Waals surface area contributed by atoms with Gasteiger partial charge in [-0.05, 0) is 59.7 Å². The zero-order valence-corrected chi connectivity index (χ0v) is 22.2. The number of fused-ring (bicyclic) bond motifs is 1. The molecule has 1 amide bonds. The molecule has 0 spiro atoms. The molecule has 1 N–H and O–H groups in total. The molecular weight excluding hydrogens is 496 g/mol. The molecule has 1 aromatic carbocycles. The SMILES string of the molecule is C=C(C)n1c(=O)nc(N2C[C@@H](C)N(C(=O)OC(C)(C)C)C[C@@H]2C)c2cc(F)c(-c3c(O)cccc3F)nc21. The number of rotatable bonds is 3. The highest BCUT2D eigenvalue weighted by Gasteiger charge is 2.36. The summed E-state index contributed by atoms with van der Waals surface area (Å²) < 4.78 is 36.7. The number of phenols is 1. The summed E-state index contributed by atoms with van der Waals surface area (Å²) in [5.74, 6) is -2.08. The second kappa shape index (κ2) is 9.70. The topological polar surface area (TPSA) is 101 Å². The number of phenolic OH excluding ortho intramolecular Hbond substituents is 1. The minimum Gasteiger partial charge on any atom is -0.507 e. The average Bonchev–Trinajstić information content (AvgIpc) is 2.79. The number of halogens is 2. The van der Waals surface area contributed by atoms with Crippen LogP contribution in [0.5, 0.6) is 5.75 Å². The quantitative estimate of drug-likeness (QED) is 0.524. The van der Waals surface area contributed by atoms with E-state index in [0.717, 1.165) is 16.7 Å². The molecule has 38 heavy (non-hydrogen) atoms. The Kier molecular flexibility index (Phi) is 6.90. The second-order valence-electron chi connectivity index (χ2n) is 10.6. The first kappa shape index (κ1) is 27.0. The zero-order valence-electron chi connectivity index (χ0n) is 22.2. The van der Waals surface area contributed by atoms with Crippen LogP contribution in [0.4, 0.5) is 19.4 Å². The third-order valence-corrected chi connectivity index (χ3v) is 6.30. The predicted molar refractivity (Wildman–Crippen MR) is 141 cm³/mol. The fraction of sp³-hybridized carbons (Fsp3) is 0.407. The van der Waals surface area contributed by atoms with Crippen molar-refractivity contribution >= 4 is 28.6 Å². The van der Waals surface area contributed by atoms with Crippen molar-refractivity contribution in [2.24, 2.45) is 0 Å². The summed E-state index contributed by atoms with van der Waals surface area (Å²) in [6, 6.07) is 4.10. The van der Waals surface area contributed by atoms with Gasteiger partial charge in [0.05, 0.1) is 10.9 Å². The maximum Gasteiger partial charge on any atom is 0.410 e. The Labute approximate surface area is 219 Å². The van der Waals surface area contributed by atoms with Crippen molar-refractivity contribution in [3.05, 3.63) is 53.0 Å². The minimum atomic E-state index is -0.902. The number of nitrogens with zero attached hydrogens (tertiary/aromatic N) is 5. The fourth-order valence-corrected chi connectivity index (χ4v) is 4.59. The Morgan fingerprint density at radius 1 is 1.13 bits per heavy atom.